The third-order valence-corrected chi connectivity index (χ3v) is 2.14. The van der Waals surface area contributed by atoms with Gasteiger partial charge in [-0.2, -0.15) is 0 Å². The van der Waals surface area contributed by atoms with Crippen LogP contribution in [0.3, 0.4) is 0 Å². The van der Waals surface area contributed by atoms with Crippen LogP contribution in [0.5, 0.6) is 0 Å². The number of carbonyl (C=O) groups is 2. The molecular weight excluding hydrogens is 216 g/mol. The molecule has 0 aliphatic heterocycles. The fourth-order valence-corrected chi connectivity index (χ4v) is 1.31. The van der Waals surface area contributed by atoms with Gasteiger partial charge in [0.1, 0.15) is 0 Å². The topological polar surface area (TPSA) is 58.2 Å². The van der Waals surface area contributed by atoms with Crippen molar-refractivity contribution in [2.45, 2.75) is 20.8 Å². The summed E-state index contributed by atoms with van der Waals surface area (Å²) in [4.78, 5) is 22.5. The van der Waals surface area contributed by atoms with Crippen LogP contribution >= 0.6 is 0 Å². The average Bonchev–Trinajstić information content (AvgIpc) is 2.26. The molecule has 0 atom stereocenters. The van der Waals surface area contributed by atoms with E-state index in [1.54, 1.807) is 24.3 Å². The van der Waals surface area contributed by atoms with Crippen molar-refractivity contribution in [3.05, 3.63) is 29.8 Å². The predicted octanol–water partition coefficient (Wildman–Crippen LogP) is 2.03. The van der Waals surface area contributed by atoms with E-state index in [-0.39, 0.29) is 11.8 Å². The second-order valence-corrected chi connectivity index (χ2v) is 4.36. The van der Waals surface area contributed by atoms with Gasteiger partial charge in [0.15, 0.2) is 0 Å². The monoisotopic (exact) mass is 234 g/mol. The van der Waals surface area contributed by atoms with E-state index in [4.69, 9.17) is 0 Å². The van der Waals surface area contributed by atoms with E-state index in [1.165, 1.54) is 6.92 Å². The average molecular weight is 234 g/mol. The van der Waals surface area contributed by atoms with Gasteiger partial charge in [-0.1, -0.05) is 13.8 Å². The summed E-state index contributed by atoms with van der Waals surface area (Å²) in [5.74, 6) is 0.215. The van der Waals surface area contributed by atoms with Crippen molar-refractivity contribution in [3.8, 4) is 0 Å². The van der Waals surface area contributed by atoms with Crippen LogP contribution in [0, 0.1) is 5.92 Å². The largest absolute Gasteiger partial charge is 0.352 e. The summed E-state index contributed by atoms with van der Waals surface area (Å²) < 4.78 is 0. The molecular formula is C13H18N2O2. The molecule has 0 aliphatic carbocycles. The number of rotatable bonds is 4. The zero-order valence-corrected chi connectivity index (χ0v) is 10.4. The molecule has 4 heteroatoms. The van der Waals surface area contributed by atoms with E-state index >= 15 is 0 Å². The molecule has 2 N–H and O–H groups in total. The highest BCUT2D eigenvalue weighted by molar-refractivity contribution is 5.95. The standard InChI is InChI=1S/C13H18N2O2/c1-9(2)8-14-13(17)11-4-6-12(7-5-11)15-10(3)16/h4-7,9H,8H2,1-3H3,(H,14,17)(H,15,16). The highest BCUT2D eigenvalue weighted by atomic mass is 16.2. The lowest BCUT2D eigenvalue weighted by Crippen LogP contribution is -2.27. The Hall–Kier alpha value is -1.84. The van der Waals surface area contributed by atoms with Crippen molar-refractivity contribution in [1.82, 2.24) is 5.32 Å². The lowest BCUT2D eigenvalue weighted by atomic mass is 10.1. The Balaban J connectivity index is 2.60. The fraction of sp³-hybridized carbons (Fsp3) is 0.385. The molecule has 1 aromatic carbocycles. The first-order valence-electron chi connectivity index (χ1n) is 5.65. The second kappa shape index (κ2) is 6.03. The Morgan fingerprint density at radius 1 is 1.18 bits per heavy atom. The predicted molar refractivity (Wildman–Crippen MR) is 67.9 cm³/mol. The minimum Gasteiger partial charge on any atom is -0.352 e. The summed E-state index contributed by atoms with van der Waals surface area (Å²) in [5.41, 5.74) is 1.29. The molecule has 4 nitrogen and oxygen atoms in total. The molecule has 0 aromatic heterocycles. The Bertz CT molecular complexity index is 396. The number of anilines is 1. The first kappa shape index (κ1) is 13.2. The molecule has 0 aliphatic rings. The van der Waals surface area contributed by atoms with E-state index in [1.807, 2.05) is 13.8 Å². The highest BCUT2D eigenvalue weighted by Crippen LogP contribution is 2.09. The Morgan fingerprint density at radius 2 is 1.76 bits per heavy atom. The third kappa shape index (κ3) is 4.68. The minimum absolute atomic E-state index is 0.0897. The number of benzene rings is 1. The normalized spacial score (nSPS) is 10.1. The number of carbonyl (C=O) groups excluding carboxylic acids is 2. The Kier molecular flexibility index (Phi) is 4.69. The van der Waals surface area contributed by atoms with Crippen molar-refractivity contribution in [1.29, 1.82) is 0 Å². The molecule has 0 radical (unpaired) electrons. The molecule has 0 heterocycles. The van der Waals surface area contributed by atoms with Gasteiger partial charge in [-0.25, -0.2) is 0 Å². The van der Waals surface area contributed by atoms with Crippen LogP contribution in [0.1, 0.15) is 31.1 Å². The van der Waals surface area contributed by atoms with E-state index in [0.29, 0.717) is 23.7 Å². The number of nitrogens with one attached hydrogen (secondary N) is 2. The zero-order chi connectivity index (χ0) is 12.8. The van der Waals surface area contributed by atoms with Crippen molar-refractivity contribution >= 4 is 17.5 Å². The van der Waals surface area contributed by atoms with E-state index in [2.05, 4.69) is 10.6 Å². The minimum atomic E-state index is -0.123. The van der Waals surface area contributed by atoms with Gasteiger partial charge in [0.25, 0.3) is 5.91 Å². The molecule has 1 rings (SSSR count). The molecule has 2 amide bonds. The molecule has 0 saturated heterocycles. The maximum absolute atomic E-state index is 11.7. The first-order valence-corrected chi connectivity index (χ1v) is 5.65. The van der Waals surface area contributed by atoms with Crippen molar-refractivity contribution in [3.63, 3.8) is 0 Å². The van der Waals surface area contributed by atoms with Crippen molar-refractivity contribution in [2.24, 2.45) is 5.92 Å². The summed E-state index contributed by atoms with van der Waals surface area (Å²) in [7, 11) is 0. The maximum Gasteiger partial charge on any atom is 0.251 e. The highest BCUT2D eigenvalue weighted by Gasteiger charge is 2.05. The molecule has 92 valence electrons. The van der Waals surface area contributed by atoms with Gasteiger partial charge >= 0.3 is 0 Å². The van der Waals surface area contributed by atoms with Crippen molar-refractivity contribution in [2.75, 3.05) is 11.9 Å². The van der Waals surface area contributed by atoms with E-state index in [0.717, 1.165) is 0 Å². The van der Waals surface area contributed by atoms with Crippen LogP contribution in [0.15, 0.2) is 24.3 Å². The van der Waals surface area contributed by atoms with Crippen LogP contribution in [-0.2, 0) is 4.79 Å². The van der Waals surface area contributed by atoms with Crippen LogP contribution in [0.25, 0.3) is 0 Å². The van der Waals surface area contributed by atoms with Gasteiger partial charge in [-0.15, -0.1) is 0 Å². The third-order valence-electron chi connectivity index (χ3n) is 2.14. The SMILES string of the molecule is CC(=O)Nc1ccc(C(=O)NCC(C)C)cc1. The van der Waals surface area contributed by atoms with Crippen LogP contribution in [0.4, 0.5) is 5.69 Å². The summed E-state index contributed by atoms with van der Waals surface area (Å²) in [6.45, 7) is 6.19. The quantitative estimate of drug-likeness (QED) is 0.837. The molecule has 1 aromatic rings. The van der Waals surface area contributed by atoms with Crippen molar-refractivity contribution < 1.29 is 9.59 Å². The van der Waals surface area contributed by atoms with Gasteiger partial charge in [-0.3, -0.25) is 9.59 Å². The zero-order valence-electron chi connectivity index (χ0n) is 10.4. The fourth-order valence-electron chi connectivity index (χ4n) is 1.31. The molecule has 0 saturated carbocycles. The van der Waals surface area contributed by atoms with Crippen LogP contribution < -0.4 is 10.6 Å². The summed E-state index contributed by atoms with van der Waals surface area (Å²) in [5, 5.41) is 5.48. The molecule has 0 unspecified atom stereocenters. The van der Waals surface area contributed by atoms with Gasteiger partial charge in [-0.05, 0) is 30.2 Å². The lowest BCUT2D eigenvalue weighted by molar-refractivity contribution is -0.114. The van der Waals surface area contributed by atoms with E-state index < -0.39 is 0 Å². The Morgan fingerprint density at radius 3 is 2.24 bits per heavy atom. The number of hydrogen-bond acceptors (Lipinski definition) is 2. The summed E-state index contributed by atoms with van der Waals surface area (Å²) >= 11 is 0. The Labute approximate surface area is 101 Å². The summed E-state index contributed by atoms with van der Waals surface area (Å²) in [6.07, 6.45) is 0. The maximum atomic E-state index is 11.7. The van der Waals surface area contributed by atoms with Crippen LogP contribution in [-0.4, -0.2) is 18.4 Å². The van der Waals surface area contributed by atoms with Crippen LogP contribution in [0.2, 0.25) is 0 Å². The summed E-state index contributed by atoms with van der Waals surface area (Å²) in [6, 6.07) is 6.82. The van der Waals surface area contributed by atoms with Gasteiger partial charge in [0.2, 0.25) is 5.91 Å². The molecule has 17 heavy (non-hydrogen) atoms. The van der Waals surface area contributed by atoms with E-state index in [9.17, 15) is 9.59 Å². The second-order valence-electron chi connectivity index (χ2n) is 4.36. The molecule has 0 bridgehead atoms. The number of hydrogen-bond donors (Lipinski definition) is 2. The first-order chi connectivity index (χ1) is 7.99. The smallest absolute Gasteiger partial charge is 0.251 e. The molecule has 0 spiro atoms. The lowest BCUT2D eigenvalue weighted by Gasteiger charge is -2.08. The van der Waals surface area contributed by atoms with Gasteiger partial charge in [0.05, 0.1) is 0 Å². The number of amides is 2. The van der Waals surface area contributed by atoms with Gasteiger partial charge in [0, 0.05) is 24.7 Å². The van der Waals surface area contributed by atoms with Gasteiger partial charge < -0.3 is 10.6 Å². The molecule has 0 fully saturated rings.